The Morgan fingerprint density at radius 3 is 2.39 bits per heavy atom. The molecular weight excluding hydrogens is 365 g/mol. The second-order valence-electron chi connectivity index (χ2n) is 6.45. The topological polar surface area (TPSA) is 82.1 Å². The molecule has 0 spiro atoms. The second kappa shape index (κ2) is 8.60. The summed E-state index contributed by atoms with van der Waals surface area (Å²) in [7, 11) is 1.50. The van der Waals surface area contributed by atoms with E-state index in [2.05, 4.69) is 10.2 Å². The van der Waals surface area contributed by atoms with E-state index < -0.39 is 5.97 Å². The minimum absolute atomic E-state index is 0.173. The van der Waals surface area contributed by atoms with Gasteiger partial charge < -0.3 is 25.0 Å². The van der Waals surface area contributed by atoms with Crippen LogP contribution in [0, 0.1) is 5.82 Å². The van der Waals surface area contributed by atoms with Gasteiger partial charge in [0.25, 0.3) is 0 Å². The molecule has 148 valence electrons. The van der Waals surface area contributed by atoms with Gasteiger partial charge in [-0.25, -0.2) is 14.0 Å². The number of hydrogen-bond donors (Lipinski definition) is 2. The highest BCUT2D eigenvalue weighted by Gasteiger charge is 2.23. The fraction of sp³-hybridized carbons (Fsp3) is 0.300. The number of nitrogens with one attached hydrogen (secondary N) is 1. The number of nitrogens with zero attached hydrogens (tertiary/aromatic N) is 2. The van der Waals surface area contributed by atoms with E-state index in [1.54, 1.807) is 23.1 Å². The van der Waals surface area contributed by atoms with Crippen LogP contribution in [-0.2, 0) is 6.54 Å². The SMILES string of the molecule is COc1cc(F)ccc1N1CCN(C(=O)NCc2ccc(C(=O)O)cc2)CC1. The van der Waals surface area contributed by atoms with Gasteiger partial charge >= 0.3 is 12.0 Å². The van der Waals surface area contributed by atoms with Gasteiger partial charge in [-0.3, -0.25) is 0 Å². The summed E-state index contributed by atoms with van der Waals surface area (Å²) >= 11 is 0. The van der Waals surface area contributed by atoms with Crippen LogP contribution in [0.4, 0.5) is 14.9 Å². The van der Waals surface area contributed by atoms with Gasteiger partial charge in [-0.1, -0.05) is 12.1 Å². The highest BCUT2D eigenvalue weighted by molar-refractivity contribution is 5.87. The molecule has 2 N–H and O–H groups in total. The molecule has 28 heavy (non-hydrogen) atoms. The van der Waals surface area contributed by atoms with Gasteiger partial charge in [-0.05, 0) is 29.8 Å². The molecule has 1 fully saturated rings. The van der Waals surface area contributed by atoms with Gasteiger partial charge in [0, 0.05) is 38.8 Å². The lowest BCUT2D eigenvalue weighted by molar-refractivity contribution is 0.0697. The third-order valence-electron chi connectivity index (χ3n) is 4.69. The van der Waals surface area contributed by atoms with Crippen LogP contribution in [0.25, 0.3) is 0 Å². The van der Waals surface area contributed by atoms with E-state index in [1.165, 1.54) is 31.4 Å². The zero-order valence-corrected chi connectivity index (χ0v) is 15.5. The van der Waals surface area contributed by atoms with E-state index in [4.69, 9.17) is 9.84 Å². The Morgan fingerprint density at radius 2 is 1.79 bits per heavy atom. The van der Waals surface area contributed by atoms with E-state index >= 15 is 0 Å². The highest BCUT2D eigenvalue weighted by atomic mass is 19.1. The van der Waals surface area contributed by atoms with Gasteiger partial charge in [-0.15, -0.1) is 0 Å². The molecule has 0 aromatic heterocycles. The Hall–Kier alpha value is -3.29. The number of carbonyl (C=O) groups excluding carboxylic acids is 1. The van der Waals surface area contributed by atoms with Crippen LogP contribution in [0.5, 0.6) is 5.75 Å². The van der Waals surface area contributed by atoms with Crippen LogP contribution in [-0.4, -0.2) is 55.3 Å². The first-order valence-corrected chi connectivity index (χ1v) is 8.91. The molecule has 0 aliphatic carbocycles. The summed E-state index contributed by atoms with van der Waals surface area (Å²) in [6.07, 6.45) is 0. The summed E-state index contributed by atoms with van der Waals surface area (Å²) in [5.74, 6) is -0.857. The predicted octanol–water partition coefficient (Wildman–Crippen LogP) is 2.56. The number of methoxy groups -OCH3 is 1. The number of urea groups is 1. The molecule has 0 atom stereocenters. The van der Waals surface area contributed by atoms with Gasteiger partial charge in [-0.2, -0.15) is 0 Å². The number of carboxylic acid groups (broad SMARTS) is 1. The summed E-state index contributed by atoms with van der Waals surface area (Å²) in [6.45, 7) is 2.62. The van der Waals surface area contributed by atoms with Crippen molar-refractivity contribution in [3.63, 3.8) is 0 Å². The van der Waals surface area contributed by atoms with Crippen molar-refractivity contribution in [2.75, 3.05) is 38.2 Å². The maximum atomic E-state index is 13.4. The van der Waals surface area contributed by atoms with E-state index in [9.17, 15) is 14.0 Å². The number of benzene rings is 2. The number of carbonyl (C=O) groups is 2. The molecule has 2 amide bonds. The summed E-state index contributed by atoms with van der Waals surface area (Å²) in [6, 6.07) is 10.6. The van der Waals surface area contributed by atoms with Crippen LogP contribution in [0.2, 0.25) is 0 Å². The smallest absolute Gasteiger partial charge is 0.335 e. The maximum Gasteiger partial charge on any atom is 0.335 e. The highest BCUT2D eigenvalue weighted by Crippen LogP contribution is 2.29. The lowest BCUT2D eigenvalue weighted by Crippen LogP contribution is -2.51. The zero-order valence-electron chi connectivity index (χ0n) is 15.5. The molecule has 2 aromatic rings. The Kier molecular flexibility index (Phi) is 5.98. The molecular formula is C20H22FN3O4. The van der Waals surface area contributed by atoms with E-state index in [0.29, 0.717) is 38.5 Å². The first-order chi connectivity index (χ1) is 13.5. The molecule has 0 saturated carbocycles. The lowest BCUT2D eigenvalue weighted by atomic mass is 10.1. The average molecular weight is 387 g/mol. The van der Waals surface area contributed by atoms with E-state index in [-0.39, 0.29) is 17.4 Å². The number of amides is 2. The first-order valence-electron chi connectivity index (χ1n) is 8.91. The van der Waals surface area contributed by atoms with Crippen molar-refractivity contribution >= 4 is 17.7 Å². The van der Waals surface area contributed by atoms with E-state index in [1.807, 2.05) is 0 Å². The summed E-state index contributed by atoms with van der Waals surface area (Å²) in [5.41, 5.74) is 1.85. The van der Waals surface area contributed by atoms with Crippen LogP contribution < -0.4 is 15.0 Å². The number of rotatable bonds is 5. The molecule has 0 unspecified atom stereocenters. The number of carboxylic acids is 1. The molecule has 1 aliphatic heterocycles. The molecule has 8 heteroatoms. The average Bonchev–Trinajstić information content (AvgIpc) is 2.72. The molecule has 2 aromatic carbocycles. The third-order valence-corrected chi connectivity index (χ3v) is 4.69. The van der Waals surface area contributed by atoms with Crippen molar-refractivity contribution in [1.29, 1.82) is 0 Å². The molecule has 1 heterocycles. The number of anilines is 1. The third kappa shape index (κ3) is 4.51. The summed E-state index contributed by atoms with van der Waals surface area (Å²) in [5, 5.41) is 11.8. The minimum atomic E-state index is -0.980. The maximum absolute atomic E-state index is 13.4. The fourth-order valence-electron chi connectivity index (χ4n) is 3.12. The van der Waals surface area contributed by atoms with Crippen LogP contribution in [0.15, 0.2) is 42.5 Å². The van der Waals surface area contributed by atoms with Crippen molar-refractivity contribution in [2.24, 2.45) is 0 Å². The van der Waals surface area contributed by atoms with Gasteiger partial charge in [0.15, 0.2) is 0 Å². The van der Waals surface area contributed by atoms with Crippen molar-refractivity contribution in [1.82, 2.24) is 10.2 Å². The lowest BCUT2D eigenvalue weighted by Gasteiger charge is -2.36. The molecule has 1 saturated heterocycles. The Balaban J connectivity index is 1.52. The largest absolute Gasteiger partial charge is 0.494 e. The Labute approximate surface area is 162 Å². The Morgan fingerprint density at radius 1 is 1.11 bits per heavy atom. The second-order valence-corrected chi connectivity index (χ2v) is 6.45. The first kappa shape index (κ1) is 19.5. The van der Waals surface area contributed by atoms with Gasteiger partial charge in [0.05, 0.1) is 18.4 Å². The summed E-state index contributed by atoms with van der Waals surface area (Å²) in [4.78, 5) is 27.0. The van der Waals surface area contributed by atoms with Crippen molar-refractivity contribution in [2.45, 2.75) is 6.54 Å². The molecule has 3 rings (SSSR count). The van der Waals surface area contributed by atoms with Crippen molar-refractivity contribution < 1.29 is 23.8 Å². The quantitative estimate of drug-likeness (QED) is 0.824. The number of ether oxygens (including phenoxy) is 1. The van der Waals surface area contributed by atoms with Gasteiger partial charge in [0.2, 0.25) is 0 Å². The van der Waals surface area contributed by atoms with Gasteiger partial charge in [0.1, 0.15) is 11.6 Å². The number of aromatic carboxylic acids is 1. The van der Waals surface area contributed by atoms with Crippen LogP contribution in [0.3, 0.4) is 0 Å². The molecule has 7 nitrogen and oxygen atoms in total. The van der Waals surface area contributed by atoms with Crippen LogP contribution >= 0.6 is 0 Å². The molecule has 0 radical (unpaired) electrons. The number of hydrogen-bond acceptors (Lipinski definition) is 4. The molecule has 1 aliphatic rings. The van der Waals surface area contributed by atoms with Crippen LogP contribution in [0.1, 0.15) is 15.9 Å². The fourth-order valence-corrected chi connectivity index (χ4v) is 3.12. The number of piperazine rings is 1. The van der Waals surface area contributed by atoms with Crippen molar-refractivity contribution in [3.05, 3.63) is 59.4 Å². The molecule has 0 bridgehead atoms. The monoisotopic (exact) mass is 387 g/mol. The predicted molar refractivity (Wildman–Crippen MR) is 102 cm³/mol. The van der Waals surface area contributed by atoms with Crippen molar-refractivity contribution in [3.8, 4) is 5.75 Å². The zero-order chi connectivity index (χ0) is 20.1. The number of halogens is 1. The Bertz CT molecular complexity index is 849. The normalized spacial score (nSPS) is 13.9. The summed E-state index contributed by atoms with van der Waals surface area (Å²) < 4.78 is 18.6. The standard InChI is InChI=1S/C20H22FN3O4/c1-28-18-12-16(21)6-7-17(18)23-8-10-24(11-9-23)20(27)22-13-14-2-4-15(5-3-14)19(25)26/h2-7,12H,8-11,13H2,1H3,(H,22,27)(H,25,26). The van der Waals surface area contributed by atoms with E-state index in [0.717, 1.165) is 11.3 Å². The minimum Gasteiger partial charge on any atom is -0.494 e.